The lowest BCUT2D eigenvalue weighted by Crippen LogP contribution is -2.38. The number of carboxylic acids is 1. The molecule has 13 heteroatoms. The van der Waals surface area contributed by atoms with Crippen molar-refractivity contribution in [3.05, 3.63) is 65.0 Å². The normalized spacial score (nSPS) is 13.2. The van der Waals surface area contributed by atoms with Crippen LogP contribution in [0, 0.1) is 13.8 Å². The highest BCUT2D eigenvalue weighted by Crippen LogP contribution is 2.43. The number of carbonyl (C=O) groups is 1. The van der Waals surface area contributed by atoms with E-state index in [1.54, 1.807) is 36.3 Å². The van der Waals surface area contributed by atoms with Gasteiger partial charge in [0.05, 0.1) is 34.4 Å². The van der Waals surface area contributed by atoms with Crippen LogP contribution >= 0.6 is 11.6 Å². The van der Waals surface area contributed by atoms with Crippen LogP contribution in [-0.4, -0.2) is 61.9 Å². The van der Waals surface area contributed by atoms with Gasteiger partial charge in [-0.1, -0.05) is 16.8 Å². The second-order valence-corrected chi connectivity index (χ2v) is 10.0. The zero-order valence-electron chi connectivity index (χ0n) is 21.9. The number of halogens is 3. The minimum Gasteiger partial charge on any atom is -0.487 e. The molecular formula is C28H23ClF2N6O4. The van der Waals surface area contributed by atoms with Gasteiger partial charge < -0.3 is 19.3 Å². The van der Waals surface area contributed by atoms with Crippen molar-refractivity contribution in [2.75, 3.05) is 24.6 Å². The van der Waals surface area contributed by atoms with E-state index in [4.69, 9.17) is 25.8 Å². The predicted octanol–water partition coefficient (Wildman–Crippen LogP) is 5.96. The van der Waals surface area contributed by atoms with Crippen LogP contribution in [0.4, 0.5) is 14.7 Å². The van der Waals surface area contributed by atoms with Crippen molar-refractivity contribution in [2.45, 2.75) is 26.7 Å². The summed E-state index contributed by atoms with van der Waals surface area (Å²) in [6.07, 6.45) is 5.08. The Morgan fingerprint density at radius 3 is 2.49 bits per heavy atom. The van der Waals surface area contributed by atoms with Gasteiger partial charge in [-0.15, -0.1) is 0 Å². The smallest absolute Gasteiger partial charge is 0.335 e. The third-order valence-corrected chi connectivity index (χ3v) is 7.24. The molecule has 5 aromatic rings. The zero-order chi connectivity index (χ0) is 28.8. The molecule has 0 atom stereocenters. The first-order chi connectivity index (χ1) is 19.7. The van der Waals surface area contributed by atoms with Gasteiger partial charge in [0, 0.05) is 53.1 Å². The largest absolute Gasteiger partial charge is 0.487 e. The standard InChI is InChI=1S/C28H23ClF2N6O4/c1-14-24(15(2)41-35-14)17-6-19-20(25-21(29)7-16(27(38)39)8-22(25)40-13-23(30)31)12-37(26(19)32-9-17)18-10-33-28(34-11-18)36-4-3-5-36/h6-12,23H,3-5,13H2,1-2H3,(H,38,39). The molecule has 6 rings (SSSR count). The molecule has 10 nitrogen and oxygen atoms in total. The Morgan fingerprint density at radius 2 is 1.88 bits per heavy atom. The molecular weight excluding hydrogens is 558 g/mol. The fourth-order valence-corrected chi connectivity index (χ4v) is 5.20. The molecule has 0 spiro atoms. The molecule has 0 radical (unpaired) electrons. The van der Waals surface area contributed by atoms with Crippen LogP contribution in [0.25, 0.3) is 39.0 Å². The van der Waals surface area contributed by atoms with E-state index in [-0.39, 0.29) is 21.9 Å². The Kier molecular flexibility index (Phi) is 6.78. The maximum Gasteiger partial charge on any atom is 0.335 e. The van der Waals surface area contributed by atoms with Gasteiger partial charge in [-0.2, -0.15) is 0 Å². The summed E-state index contributed by atoms with van der Waals surface area (Å²) < 4.78 is 38.9. The number of ether oxygens (including phenoxy) is 1. The van der Waals surface area contributed by atoms with Crippen LogP contribution in [0.3, 0.4) is 0 Å². The van der Waals surface area contributed by atoms with E-state index in [0.717, 1.165) is 25.1 Å². The average molecular weight is 581 g/mol. The molecule has 0 aliphatic carbocycles. The van der Waals surface area contributed by atoms with Gasteiger partial charge in [-0.05, 0) is 38.5 Å². The van der Waals surface area contributed by atoms with Crippen LogP contribution in [-0.2, 0) is 0 Å². The number of nitrogens with zero attached hydrogens (tertiary/aromatic N) is 6. The highest BCUT2D eigenvalue weighted by Gasteiger charge is 2.24. The van der Waals surface area contributed by atoms with Gasteiger partial charge in [0.1, 0.15) is 23.8 Å². The number of carboxylic acid groups (broad SMARTS) is 1. The lowest BCUT2D eigenvalue weighted by molar-refractivity contribution is 0.0695. The number of pyridine rings is 1. The first-order valence-electron chi connectivity index (χ1n) is 12.7. The Labute approximate surface area is 237 Å². The second-order valence-electron chi connectivity index (χ2n) is 9.63. The Balaban J connectivity index is 1.58. The summed E-state index contributed by atoms with van der Waals surface area (Å²) in [7, 11) is 0. The summed E-state index contributed by atoms with van der Waals surface area (Å²) in [5.41, 5.74) is 3.80. The van der Waals surface area contributed by atoms with Gasteiger partial charge in [0.2, 0.25) is 5.95 Å². The molecule has 1 fully saturated rings. The van der Waals surface area contributed by atoms with Crippen molar-refractivity contribution in [1.82, 2.24) is 24.7 Å². The number of fused-ring (bicyclic) bond motifs is 1. The summed E-state index contributed by atoms with van der Waals surface area (Å²) in [6.45, 7) is 4.46. The highest BCUT2D eigenvalue weighted by atomic mass is 35.5. The third kappa shape index (κ3) is 4.84. The van der Waals surface area contributed by atoms with E-state index >= 15 is 0 Å². The van der Waals surface area contributed by atoms with E-state index in [1.807, 2.05) is 13.0 Å². The number of alkyl halides is 2. The molecule has 0 saturated carbocycles. The maximum absolute atomic E-state index is 13.2. The Morgan fingerprint density at radius 1 is 1.12 bits per heavy atom. The summed E-state index contributed by atoms with van der Waals surface area (Å²) in [4.78, 5) is 27.5. The fourth-order valence-electron chi connectivity index (χ4n) is 4.89. The molecule has 1 N–H and O–H groups in total. The van der Waals surface area contributed by atoms with Crippen molar-refractivity contribution in [1.29, 1.82) is 0 Å². The Bertz CT molecular complexity index is 1760. The monoisotopic (exact) mass is 580 g/mol. The number of benzene rings is 1. The van der Waals surface area contributed by atoms with E-state index in [1.165, 1.54) is 12.1 Å². The summed E-state index contributed by atoms with van der Waals surface area (Å²) in [6, 6.07) is 4.31. The number of hydrogen-bond acceptors (Lipinski definition) is 8. The van der Waals surface area contributed by atoms with Crippen molar-refractivity contribution >= 4 is 34.6 Å². The van der Waals surface area contributed by atoms with Gasteiger partial charge in [-0.3, -0.25) is 4.57 Å². The van der Waals surface area contributed by atoms with E-state index in [2.05, 4.69) is 20.0 Å². The van der Waals surface area contributed by atoms with Crippen LogP contribution in [0.1, 0.15) is 28.2 Å². The first kappa shape index (κ1) is 26.6. The number of aromatic nitrogens is 5. The van der Waals surface area contributed by atoms with Crippen LogP contribution in [0.15, 0.2) is 47.5 Å². The number of hydrogen-bond donors (Lipinski definition) is 1. The Hall–Kier alpha value is -4.58. The molecule has 1 aliphatic heterocycles. The molecule has 4 aromatic heterocycles. The van der Waals surface area contributed by atoms with Crippen LogP contribution in [0.5, 0.6) is 5.75 Å². The summed E-state index contributed by atoms with van der Waals surface area (Å²) in [5.74, 6) is -0.143. The predicted molar refractivity (Wildman–Crippen MR) is 147 cm³/mol. The summed E-state index contributed by atoms with van der Waals surface area (Å²) in [5, 5.41) is 14.2. The molecule has 41 heavy (non-hydrogen) atoms. The number of aryl methyl sites for hydroxylation is 2. The minimum absolute atomic E-state index is 0.0142. The minimum atomic E-state index is -2.79. The van der Waals surface area contributed by atoms with Gasteiger partial charge in [0.15, 0.2) is 0 Å². The lowest BCUT2D eigenvalue weighted by Gasteiger charge is -2.30. The van der Waals surface area contributed by atoms with E-state index in [0.29, 0.717) is 45.3 Å². The summed E-state index contributed by atoms with van der Waals surface area (Å²) >= 11 is 6.64. The SMILES string of the molecule is Cc1noc(C)c1-c1cnc2c(c1)c(-c1c(Cl)cc(C(=O)O)cc1OCC(F)F)cn2-c1cnc(N2CCC2)nc1. The fraction of sp³-hybridized carbons (Fsp3) is 0.250. The van der Waals surface area contributed by atoms with Gasteiger partial charge in [0.25, 0.3) is 6.43 Å². The maximum atomic E-state index is 13.2. The molecule has 0 amide bonds. The van der Waals surface area contributed by atoms with Crippen molar-refractivity contribution < 1.29 is 27.9 Å². The lowest BCUT2D eigenvalue weighted by atomic mass is 9.99. The number of aromatic carboxylic acids is 1. The molecule has 0 unspecified atom stereocenters. The zero-order valence-corrected chi connectivity index (χ0v) is 22.7. The van der Waals surface area contributed by atoms with Crippen molar-refractivity contribution in [2.24, 2.45) is 0 Å². The van der Waals surface area contributed by atoms with Crippen LogP contribution in [0.2, 0.25) is 5.02 Å². The molecule has 0 bridgehead atoms. The van der Waals surface area contributed by atoms with Gasteiger partial charge in [-0.25, -0.2) is 28.5 Å². The molecule has 1 aromatic carbocycles. The number of rotatable bonds is 8. The van der Waals surface area contributed by atoms with Crippen molar-refractivity contribution in [3.8, 4) is 33.7 Å². The molecule has 5 heterocycles. The van der Waals surface area contributed by atoms with Crippen LogP contribution < -0.4 is 9.64 Å². The quantitative estimate of drug-likeness (QED) is 0.237. The van der Waals surface area contributed by atoms with E-state index < -0.39 is 19.0 Å². The molecule has 1 saturated heterocycles. The molecule has 1 aliphatic rings. The third-order valence-electron chi connectivity index (χ3n) is 6.94. The first-order valence-corrected chi connectivity index (χ1v) is 13.1. The highest BCUT2D eigenvalue weighted by molar-refractivity contribution is 6.34. The number of anilines is 1. The van der Waals surface area contributed by atoms with E-state index in [9.17, 15) is 18.7 Å². The van der Waals surface area contributed by atoms with Gasteiger partial charge >= 0.3 is 5.97 Å². The molecule has 210 valence electrons. The topological polar surface area (TPSA) is 119 Å². The van der Waals surface area contributed by atoms with Crippen molar-refractivity contribution in [3.63, 3.8) is 0 Å². The average Bonchev–Trinajstić information content (AvgIpc) is 3.45. The second kappa shape index (κ2) is 10.4.